The fraction of sp³-hybridized carbons (Fsp3) is 0.182. The van der Waals surface area contributed by atoms with Crippen molar-refractivity contribution >= 4 is 16.5 Å². The van der Waals surface area contributed by atoms with Crippen molar-refractivity contribution in [1.29, 1.82) is 0 Å². The number of rotatable bonds is 1. The van der Waals surface area contributed by atoms with Crippen LogP contribution in [-0.2, 0) is 0 Å². The van der Waals surface area contributed by atoms with Gasteiger partial charge in [-0.15, -0.1) is 0 Å². The van der Waals surface area contributed by atoms with E-state index < -0.39 is 0 Å². The molecule has 24 heavy (non-hydrogen) atoms. The summed E-state index contributed by atoms with van der Waals surface area (Å²) in [5.41, 5.74) is 2.54. The second-order valence-corrected chi connectivity index (χ2v) is 6.85. The average Bonchev–Trinajstić information content (AvgIpc) is 2.54. The summed E-state index contributed by atoms with van der Waals surface area (Å²) in [6.45, 7) is 6.36. The molecule has 0 radical (unpaired) electrons. The molecule has 120 valence electrons. The van der Waals surface area contributed by atoms with Crippen LogP contribution in [0, 0.1) is 11.8 Å². The fourth-order valence-electron chi connectivity index (χ4n) is 2.63. The molecule has 0 aliphatic heterocycles. The molecule has 0 saturated carbocycles. The molecule has 2 nitrogen and oxygen atoms in total. The lowest BCUT2D eigenvalue weighted by Gasteiger charge is -2.23. The van der Waals surface area contributed by atoms with E-state index in [1.165, 1.54) is 0 Å². The standard InChI is InChI=1S/C22H21NO/c1-22(2,3)23-20-11-7-5-9-17(20)12-14-19-18-10-6-4-8-16(18)13-15-21(19)24/h4-11,13,15,23-24H,1-3H3. The lowest BCUT2D eigenvalue weighted by Crippen LogP contribution is -2.26. The minimum atomic E-state index is -0.0423. The molecule has 0 unspecified atom stereocenters. The maximum Gasteiger partial charge on any atom is 0.131 e. The van der Waals surface area contributed by atoms with Crippen molar-refractivity contribution in [2.24, 2.45) is 0 Å². The molecule has 0 amide bonds. The van der Waals surface area contributed by atoms with Crippen LogP contribution in [0.5, 0.6) is 5.75 Å². The van der Waals surface area contributed by atoms with E-state index in [4.69, 9.17) is 0 Å². The van der Waals surface area contributed by atoms with Crippen LogP contribution in [0.25, 0.3) is 10.8 Å². The molecular weight excluding hydrogens is 294 g/mol. The number of nitrogens with one attached hydrogen (secondary N) is 1. The topological polar surface area (TPSA) is 32.3 Å². The Labute approximate surface area is 143 Å². The number of para-hydroxylation sites is 1. The first-order valence-corrected chi connectivity index (χ1v) is 8.04. The van der Waals surface area contributed by atoms with Gasteiger partial charge in [-0.1, -0.05) is 54.3 Å². The van der Waals surface area contributed by atoms with Crippen molar-refractivity contribution in [3.8, 4) is 17.6 Å². The lowest BCUT2D eigenvalue weighted by molar-refractivity contribution is 0.474. The molecule has 0 heterocycles. The molecule has 2 heteroatoms. The predicted molar refractivity (Wildman–Crippen MR) is 101 cm³/mol. The zero-order valence-corrected chi connectivity index (χ0v) is 14.2. The Balaban J connectivity index is 2.08. The summed E-state index contributed by atoms with van der Waals surface area (Å²) < 4.78 is 0. The zero-order valence-electron chi connectivity index (χ0n) is 14.2. The molecule has 0 spiro atoms. The zero-order chi connectivity index (χ0) is 17.2. The highest BCUT2D eigenvalue weighted by atomic mass is 16.3. The highest BCUT2D eigenvalue weighted by Crippen LogP contribution is 2.26. The highest BCUT2D eigenvalue weighted by molar-refractivity contribution is 5.90. The Hall–Kier alpha value is -2.92. The van der Waals surface area contributed by atoms with Crippen LogP contribution in [-0.4, -0.2) is 10.6 Å². The Morgan fingerprint density at radius 3 is 2.33 bits per heavy atom. The third kappa shape index (κ3) is 3.52. The van der Waals surface area contributed by atoms with Crippen LogP contribution in [0.3, 0.4) is 0 Å². The van der Waals surface area contributed by atoms with Gasteiger partial charge in [0, 0.05) is 16.5 Å². The highest BCUT2D eigenvalue weighted by Gasteiger charge is 2.11. The average molecular weight is 315 g/mol. The summed E-state index contributed by atoms with van der Waals surface area (Å²) in [7, 11) is 0. The number of hydrogen-bond donors (Lipinski definition) is 2. The van der Waals surface area contributed by atoms with Gasteiger partial charge in [0.15, 0.2) is 0 Å². The smallest absolute Gasteiger partial charge is 0.131 e. The van der Waals surface area contributed by atoms with Gasteiger partial charge in [-0.2, -0.15) is 0 Å². The molecule has 0 atom stereocenters. The van der Waals surface area contributed by atoms with Crippen molar-refractivity contribution in [3.63, 3.8) is 0 Å². The van der Waals surface area contributed by atoms with Gasteiger partial charge >= 0.3 is 0 Å². The van der Waals surface area contributed by atoms with Crippen LogP contribution in [0.4, 0.5) is 5.69 Å². The van der Waals surface area contributed by atoms with Gasteiger partial charge in [0.25, 0.3) is 0 Å². The van der Waals surface area contributed by atoms with E-state index in [9.17, 15) is 5.11 Å². The Morgan fingerprint density at radius 2 is 1.54 bits per heavy atom. The quantitative estimate of drug-likeness (QED) is 0.608. The Bertz CT molecular complexity index is 939. The lowest BCUT2D eigenvalue weighted by atomic mass is 10.0. The van der Waals surface area contributed by atoms with E-state index in [2.05, 4.69) is 37.9 Å². The van der Waals surface area contributed by atoms with Gasteiger partial charge in [-0.3, -0.25) is 0 Å². The Kier molecular flexibility index (Phi) is 4.18. The summed E-state index contributed by atoms with van der Waals surface area (Å²) >= 11 is 0. The van der Waals surface area contributed by atoms with E-state index in [-0.39, 0.29) is 11.3 Å². The third-order valence-electron chi connectivity index (χ3n) is 3.67. The molecule has 3 rings (SSSR count). The maximum atomic E-state index is 10.2. The fourth-order valence-corrected chi connectivity index (χ4v) is 2.63. The van der Waals surface area contributed by atoms with E-state index >= 15 is 0 Å². The number of hydrogen-bond acceptors (Lipinski definition) is 2. The summed E-state index contributed by atoms with van der Waals surface area (Å²) in [6.07, 6.45) is 0. The van der Waals surface area contributed by atoms with E-state index in [1.807, 2.05) is 54.6 Å². The van der Waals surface area contributed by atoms with Gasteiger partial charge < -0.3 is 10.4 Å². The SMILES string of the molecule is CC(C)(C)Nc1ccccc1C#Cc1c(O)ccc2ccccc12. The van der Waals surface area contributed by atoms with Crippen molar-refractivity contribution in [1.82, 2.24) is 0 Å². The first-order chi connectivity index (χ1) is 11.4. The molecule has 0 fully saturated rings. The molecule has 0 aliphatic rings. The van der Waals surface area contributed by atoms with Crippen LogP contribution in [0.2, 0.25) is 0 Å². The summed E-state index contributed by atoms with van der Waals surface area (Å²) in [5.74, 6) is 6.58. The minimum absolute atomic E-state index is 0.0423. The number of phenols is 1. The number of phenolic OH excluding ortho intramolecular Hbond substituents is 1. The Morgan fingerprint density at radius 1 is 0.833 bits per heavy atom. The predicted octanol–water partition coefficient (Wildman–Crippen LogP) is 5.16. The first-order valence-electron chi connectivity index (χ1n) is 8.04. The monoisotopic (exact) mass is 315 g/mol. The number of aromatic hydroxyl groups is 1. The van der Waals surface area contributed by atoms with Crippen LogP contribution < -0.4 is 5.32 Å². The summed E-state index contributed by atoms with van der Waals surface area (Å²) in [5, 5.41) is 15.7. The molecular formula is C22H21NO. The van der Waals surface area contributed by atoms with Gasteiger partial charge in [0.05, 0.1) is 11.3 Å². The molecule has 2 N–H and O–H groups in total. The third-order valence-corrected chi connectivity index (χ3v) is 3.67. The first kappa shape index (κ1) is 16.0. The van der Waals surface area contributed by atoms with Gasteiger partial charge in [0.1, 0.15) is 5.75 Å². The van der Waals surface area contributed by atoms with Crippen LogP contribution in [0.15, 0.2) is 60.7 Å². The van der Waals surface area contributed by atoms with E-state index in [0.717, 1.165) is 22.0 Å². The van der Waals surface area contributed by atoms with Crippen molar-refractivity contribution < 1.29 is 5.11 Å². The summed E-state index contributed by atoms with van der Waals surface area (Å²) in [4.78, 5) is 0. The molecule has 0 aromatic heterocycles. The molecule has 3 aromatic rings. The largest absolute Gasteiger partial charge is 0.507 e. The normalized spacial score (nSPS) is 11.0. The number of anilines is 1. The van der Waals surface area contributed by atoms with Crippen LogP contribution >= 0.6 is 0 Å². The maximum absolute atomic E-state index is 10.2. The summed E-state index contributed by atoms with van der Waals surface area (Å²) in [6, 6.07) is 19.5. The molecule has 0 aliphatic carbocycles. The van der Waals surface area contributed by atoms with Crippen molar-refractivity contribution in [2.75, 3.05) is 5.32 Å². The molecule has 0 saturated heterocycles. The second-order valence-electron chi connectivity index (χ2n) is 6.85. The molecule has 3 aromatic carbocycles. The van der Waals surface area contributed by atoms with E-state index in [0.29, 0.717) is 5.56 Å². The number of benzene rings is 3. The van der Waals surface area contributed by atoms with Gasteiger partial charge in [0.2, 0.25) is 0 Å². The molecule has 0 bridgehead atoms. The van der Waals surface area contributed by atoms with Gasteiger partial charge in [-0.05, 0) is 44.4 Å². The van der Waals surface area contributed by atoms with Crippen molar-refractivity contribution in [3.05, 3.63) is 71.8 Å². The number of fused-ring (bicyclic) bond motifs is 1. The second kappa shape index (κ2) is 6.29. The van der Waals surface area contributed by atoms with Gasteiger partial charge in [-0.25, -0.2) is 0 Å². The van der Waals surface area contributed by atoms with Crippen molar-refractivity contribution in [2.45, 2.75) is 26.3 Å². The minimum Gasteiger partial charge on any atom is -0.507 e. The van der Waals surface area contributed by atoms with Crippen LogP contribution in [0.1, 0.15) is 31.9 Å². The van der Waals surface area contributed by atoms with E-state index in [1.54, 1.807) is 6.07 Å².